The number of rotatable bonds is 1. The summed E-state index contributed by atoms with van der Waals surface area (Å²) in [7, 11) is 0. The van der Waals surface area contributed by atoms with E-state index < -0.39 is 5.97 Å². The van der Waals surface area contributed by atoms with E-state index in [2.05, 4.69) is 15.3 Å². The number of aromatic nitrogens is 2. The van der Waals surface area contributed by atoms with Crippen molar-refractivity contribution in [2.75, 3.05) is 6.54 Å². The van der Waals surface area contributed by atoms with Gasteiger partial charge in [0.2, 0.25) is 11.7 Å². The molecule has 128 valence electrons. The largest absolute Gasteiger partial charge is 0.475 e. The average Bonchev–Trinajstić information content (AvgIpc) is 3.11. The molecule has 2 aromatic rings. The number of amides is 1. The van der Waals surface area contributed by atoms with Crippen LogP contribution >= 0.6 is 11.3 Å². The van der Waals surface area contributed by atoms with Crippen molar-refractivity contribution in [1.82, 2.24) is 15.3 Å². The molecule has 8 nitrogen and oxygen atoms in total. The summed E-state index contributed by atoms with van der Waals surface area (Å²) in [4.78, 5) is 41.1. The van der Waals surface area contributed by atoms with Gasteiger partial charge in [-0.2, -0.15) is 0 Å². The van der Waals surface area contributed by atoms with Gasteiger partial charge in [0.05, 0.1) is 11.4 Å². The summed E-state index contributed by atoms with van der Waals surface area (Å²) in [6, 6.07) is -0.247. The molecule has 1 amide bonds. The number of carboxylic acid groups (broad SMARTS) is 1. The lowest BCUT2D eigenvalue weighted by Crippen LogP contribution is -2.45. The molecule has 0 saturated carbocycles. The number of carbonyl (C=O) groups excluding carboxylic acids is 1. The van der Waals surface area contributed by atoms with Crippen LogP contribution in [0.25, 0.3) is 10.2 Å². The van der Waals surface area contributed by atoms with Gasteiger partial charge in [0.25, 0.3) is 5.56 Å². The first-order valence-electron chi connectivity index (χ1n) is 7.78. The van der Waals surface area contributed by atoms with E-state index in [1.165, 1.54) is 16.2 Å². The molecule has 9 heteroatoms. The standard InChI is InChI=1S/C10H8N2O3S.C5H10N2O/c13-8-6-4-2-1-3-5(4)16-9(6)12-7(11-8)10(14)15;6-4-2-1-3-7-5(4)8/h1-3H2,(H,14,15)(H,11,12,13);4H,1-3,6H2,(H,7,8). The number of piperidine rings is 1. The smallest absolute Gasteiger partial charge is 0.372 e. The summed E-state index contributed by atoms with van der Waals surface area (Å²) in [5, 5.41) is 12.0. The zero-order valence-electron chi connectivity index (χ0n) is 12.9. The summed E-state index contributed by atoms with van der Waals surface area (Å²) in [5.74, 6) is -1.48. The van der Waals surface area contributed by atoms with Gasteiger partial charge in [-0.25, -0.2) is 9.78 Å². The summed E-state index contributed by atoms with van der Waals surface area (Å²) in [6.45, 7) is 0.798. The Balaban J connectivity index is 0.000000179. The second kappa shape index (κ2) is 6.70. The van der Waals surface area contributed by atoms with Crippen LogP contribution in [-0.4, -0.2) is 39.5 Å². The van der Waals surface area contributed by atoms with Gasteiger partial charge in [0.1, 0.15) is 4.83 Å². The molecular formula is C15H18N4O4S. The molecule has 1 saturated heterocycles. The number of hydrogen-bond acceptors (Lipinski definition) is 6. The Bertz CT molecular complexity index is 857. The zero-order chi connectivity index (χ0) is 17.3. The predicted molar refractivity (Wildman–Crippen MR) is 89.4 cm³/mol. The highest BCUT2D eigenvalue weighted by atomic mass is 32.1. The maximum Gasteiger partial charge on any atom is 0.372 e. The van der Waals surface area contributed by atoms with Crippen LogP contribution in [0.15, 0.2) is 4.79 Å². The van der Waals surface area contributed by atoms with Gasteiger partial charge in [-0.05, 0) is 37.7 Å². The third-order valence-corrected chi connectivity index (χ3v) is 5.29. The van der Waals surface area contributed by atoms with Gasteiger partial charge in [-0.15, -0.1) is 11.3 Å². The maximum absolute atomic E-state index is 11.8. The summed E-state index contributed by atoms with van der Waals surface area (Å²) >= 11 is 1.44. The van der Waals surface area contributed by atoms with Crippen LogP contribution in [0.1, 0.15) is 40.3 Å². The Kier molecular flexibility index (Phi) is 4.63. The van der Waals surface area contributed by atoms with Crippen LogP contribution in [0.5, 0.6) is 0 Å². The zero-order valence-corrected chi connectivity index (χ0v) is 13.7. The minimum Gasteiger partial charge on any atom is -0.475 e. The maximum atomic E-state index is 11.8. The molecule has 1 aliphatic carbocycles. The SMILES string of the molecule is NC1CCCNC1=O.O=C(O)c1nc2sc3c(c2c(=O)[nH]1)CCC3. The molecule has 1 fully saturated rings. The number of H-pyrrole nitrogens is 1. The van der Waals surface area contributed by atoms with Crippen molar-refractivity contribution in [3.8, 4) is 0 Å². The number of thiophene rings is 1. The van der Waals surface area contributed by atoms with E-state index in [1.807, 2.05) is 0 Å². The van der Waals surface area contributed by atoms with Gasteiger partial charge in [0, 0.05) is 11.4 Å². The van der Waals surface area contributed by atoms with E-state index in [4.69, 9.17) is 10.8 Å². The number of nitrogens with zero attached hydrogens (tertiary/aromatic N) is 1. The molecule has 0 aromatic carbocycles. The number of aromatic amines is 1. The number of aryl methyl sites for hydroxylation is 2. The Morgan fingerprint density at radius 2 is 2.08 bits per heavy atom. The highest BCUT2D eigenvalue weighted by Gasteiger charge is 2.22. The minimum atomic E-state index is -1.20. The van der Waals surface area contributed by atoms with Gasteiger partial charge in [-0.3, -0.25) is 9.59 Å². The minimum absolute atomic E-state index is 0.00347. The van der Waals surface area contributed by atoms with Crippen LogP contribution in [-0.2, 0) is 17.6 Å². The number of aromatic carboxylic acids is 1. The normalized spacial score (nSPS) is 19.4. The number of nitrogens with one attached hydrogen (secondary N) is 2. The highest BCUT2D eigenvalue weighted by Crippen LogP contribution is 2.34. The number of hydrogen-bond donors (Lipinski definition) is 4. The van der Waals surface area contributed by atoms with Crippen molar-refractivity contribution in [2.24, 2.45) is 5.73 Å². The quantitative estimate of drug-likeness (QED) is 0.587. The summed E-state index contributed by atoms with van der Waals surface area (Å²) in [5.41, 5.74) is 6.10. The van der Waals surface area contributed by atoms with Crippen LogP contribution in [0.2, 0.25) is 0 Å². The topological polar surface area (TPSA) is 138 Å². The van der Waals surface area contributed by atoms with Gasteiger partial charge in [-0.1, -0.05) is 0 Å². The van der Waals surface area contributed by atoms with Crippen molar-refractivity contribution in [3.63, 3.8) is 0 Å². The molecule has 5 N–H and O–H groups in total. The van der Waals surface area contributed by atoms with Crippen LogP contribution < -0.4 is 16.6 Å². The molecule has 1 atom stereocenters. The molecule has 0 spiro atoms. The first-order valence-corrected chi connectivity index (χ1v) is 8.60. The van der Waals surface area contributed by atoms with Crippen molar-refractivity contribution < 1.29 is 14.7 Å². The Morgan fingerprint density at radius 3 is 2.71 bits per heavy atom. The third-order valence-electron chi connectivity index (χ3n) is 4.11. The molecule has 1 unspecified atom stereocenters. The molecule has 0 radical (unpaired) electrons. The highest BCUT2D eigenvalue weighted by molar-refractivity contribution is 7.18. The number of nitrogens with two attached hydrogens (primary N) is 1. The Morgan fingerprint density at radius 1 is 1.29 bits per heavy atom. The van der Waals surface area contributed by atoms with Crippen molar-refractivity contribution in [2.45, 2.75) is 38.1 Å². The van der Waals surface area contributed by atoms with Gasteiger partial charge >= 0.3 is 5.97 Å². The fourth-order valence-corrected chi connectivity index (χ4v) is 4.16. The molecule has 1 aliphatic heterocycles. The second-order valence-electron chi connectivity index (χ2n) is 5.80. The van der Waals surface area contributed by atoms with E-state index in [0.29, 0.717) is 10.2 Å². The van der Waals surface area contributed by atoms with Crippen LogP contribution in [0.3, 0.4) is 0 Å². The fraction of sp³-hybridized carbons (Fsp3) is 0.467. The van der Waals surface area contributed by atoms with E-state index in [0.717, 1.165) is 44.2 Å². The lowest BCUT2D eigenvalue weighted by atomic mass is 10.1. The van der Waals surface area contributed by atoms with Crippen molar-refractivity contribution >= 4 is 33.4 Å². The third kappa shape index (κ3) is 3.17. The first kappa shape index (κ1) is 16.6. The van der Waals surface area contributed by atoms with E-state index >= 15 is 0 Å². The van der Waals surface area contributed by atoms with E-state index in [-0.39, 0.29) is 23.3 Å². The molecule has 4 rings (SSSR count). The van der Waals surface area contributed by atoms with Crippen LogP contribution in [0, 0.1) is 0 Å². The summed E-state index contributed by atoms with van der Waals surface area (Å²) in [6.07, 6.45) is 4.79. The molecule has 24 heavy (non-hydrogen) atoms. The molecule has 3 heterocycles. The summed E-state index contributed by atoms with van der Waals surface area (Å²) < 4.78 is 0. The molecule has 0 bridgehead atoms. The van der Waals surface area contributed by atoms with Gasteiger partial charge < -0.3 is 21.1 Å². The number of carboxylic acids is 1. The molecule has 2 aliphatic rings. The number of fused-ring (bicyclic) bond motifs is 3. The predicted octanol–water partition coefficient (Wildman–Crippen LogP) is 0.395. The lowest BCUT2D eigenvalue weighted by molar-refractivity contribution is -0.123. The number of carbonyl (C=O) groups is 2. The molecular weight excluding hydrogens is 332 g/mol. The Labute approximate surface area is 141 Å². The lowest BCUT2D eigenvalue weighted by Gasteiger charge is -2.16. The van der Waals surface area contributed by atoms with Gasteiger partial charge in [0.15, 0.2) is 0 Å². The first-order chi connectivity index (χ1) is 11.5. The van der Waals surface area contributed by atoms with E-state index in [1.54, 1.807) is 0 Å². The van der Waals surface area contributed by atoms with E-state index in [9.17, 15) is 14.4 Å². The fourth-order valence-electron chi connectivity index (χ4n) is 2.90. The monoisotopic (exact) mass is 350 g/mol. The van der Waals surface area contributed by atoms with Crippen molar-refractivity contribution in [1.29, 1.82) is 0 Å². The second-order valence-corrected chi connectivity index (χ2v) is 6.88. The van der Waals surface area contributed by atoms with Crippen molar-refractivity contribution in [3.05, 3.63) is 26.6 Å². The average molecular weight is 350 g/mol. The molecule has 2 aromatic heterocycles. The van der Waals surface area contributed by atoms with Crippen LogP contribution in [0.4, 0.5) is 0 Å². The Hall–Kier alpha value is -2.26.